The normalized spacial score (nSPS) is 11.7. The smallest absolute Gasteiger partial charge is 0.313 e. The number of carbonyl (C=O) groups is 2. The highest BCUT2D eigenvalue weighted by Crippen LogP contribution is 2.21. The Morgan fingerprint density at radius 1 is 1.26 bits per heavy atom. The lowest BCUT2D eigenvalue weighted by Crippen LogP contribution is -2.36. The van der Waals surface area contributed by atoms with Crippen LogP contribution in [-0.2, 0) is 9.59 Å². The number of aliphatic hydroxyl groups is 1. The van der Waals surface area contributed by atoms with Crippen LogP contribution in [0.25, 0.3) is 0 Å². The average molecular weight is 350 g/mol. The summed E-state index contributed by atoms with van der Waals surface area (Å²) in [6.07, 6.45) is 1.67. The molecule has 7 heteroatoms. The van der Waals surface area contributed by atoms with Crippen LogP contribution in [0, 0.1) is 0 Å². The minimum atomic E-state index is -0.714. The largest absolute Gasteiger partial charge is 0.388 e. The quantitative estimate of drug-likeness (QED) is 0.553. The second-order valence-electron chi connectivity index (χ2n) is 4.76. The Morgan fingerprint density at radius 2 is 2.09 bits per heavy atom. The average Bonchev–Trinajstić information content (AvgIpc) is 3.09. The van der Waals surface area contributed by atoms with Crippen LogP contribution in [-0.4, -0.2) is 29.7 Å². The molecule has 0 radical (unpaired) electrons. The third kappa shape index (κ3) is 5.38. The Balaban J connectivity index is 1.77. The molecule has 0 bridgehead atoms. The molecule has 2 rings (SSSR count). The van der Waals surface area contributed by atoms with Crippen molar-refractivity contribution in [3.05, 3.63) is 46.7 Å². The van der Waals surface area contributed by atoms with Crippen molar-refractivity contribution in [2.45, 2.75) is 17.4 Å². The first-order valence-electron chi connectivity index (χ1n) is 7.05. The van der Waals surface area contributed by atoms with Crippen molar-refractivity contribution in [1.29, 1.82) is 0 Å². The molecule has 1 atom stereocenters. The zero-order valence-corrected chi connectivity index (χ0v) is 14.2. The first kappa shape index (κ1) is 17.5. The summed E-state index contributed by atoms with van der Waals surface area (Å²) in [6.45, 7) is 0.232. The fourth-order valence-corrected chi connectivity index (χ4v) is 3.12. The van der Waals surface area contributed by atoms with E-state index in [-0.39, 0.29) is 6.54 Å². The molecule has 0 aliphatic heterocycles. The summed E-state index contributed by atoms with van der Waals surface area (Å²) >= 11 is 3.01. The van der Waals surface area contributed by atoms with Crippen molar-refractivity contribution in [2.75, 3.05) is 18.1 Å². The van der Waals surface area contributed by atoms with Gasteiger partial charge in [-0.1, -0.05) is 12.1 Å². The predicted octanol–water partition coefficient (Wildman–Crippen LogP) is 2.65. The molecule has 0 fully saturated rings. The van der Waals surface area contributed by atoms with Crippen LogP contribution in [0.1, 0.15) is 17.4 Å². The first-order chi connectivity index (χ1) is 11.1. The predicted molar refractivity (Wildman–Crippen MR) is 93.8 cm³/mol. The number of thiophene rings is 1. The van der Waals surface area contributed by atoms with Gasteiger partial charge in [0, 0.05) is 22.0 Å². The van der Waals surface area contributed by atoms with E-state index in [0.29, 0.717) is 12.1 Å². The molecule has 1 aromatic carbocycles. The number of aliphatic hydroxyl groups excluding tert-OH is 1. The molecule has 0 spiro atoms. The summed E-state index contributed by atoms with van der Waals surface area (Å²) in [5.74, 6) is -1.42. The zero-order chi connectivity index (χ0) is 16.7. The van der Waals surface area contributed by atoms with Gasteiger partial charge in [-0.3, -0.25) is 9.59 Å². The van der Waals surface area contributed by atoms with Crippen LogP contribution in [0.5, 0.6) is 0 Å². The van der Waals surface area contributed by atoms with Crippen molar-refractivity contribution in [2.24, 2.45) is 0 Å². The van der Waals surface area contributed by atoms with Gasteiger partial charge in [0.15, 0.2) is 0 Å². The number of thioether (sulfide) groups is 1. The van der Waals surface area contributed by atoms with E-state index < -0.39 is 17.9 Å². The number of carbonyl (C=O) groups excluding carboxylic acids is 2. The molecule has 0 saturated heterocycles. The van der Waals surface area contributed by atoms with Crippen LogP contribution >= 0.6 is 23.1 Å². The van der Waals surface area contributed by atoms with Gasteiger partial charge in [-0.2, -0.15) is 0 Å². The number of benzene rings is 1. The van der Waals surface area contributed by atoms with Crippen LogP contribution in [0.2, 0.25) is 0 Å². The fraction of sp³-hybridized carbons (Fsp3) is 0.250. The highest BCUT2D eigenvalue weighted by atomic mass is 32.2. The summed E-state index contributed by atoms with van der Waals surface area (Å²) < 4.78 is 0. The van der Waals surface area contributed by atoms with E-state index in [2.05, 4.69) is 10.6 Å². The summed E-state index contributed by atoms with van der Waals surface area (Å²) in [5.41, 5.74) is 0.579. The minimum Gasteiger partial charge on any atom is -0.388 e. The van der Waals surface area contributed by atoms with Crippen molar-refractivity contribution < 1.29 is 14.7 Å². The third-order valence-electron chi connectivity index (χ3n) is 3.11. The van der Waals surface area contributed by atoms with Gasteiger partial charge in [0.25, 0.3) is 0 Å². The molecular weight excluding hydrogens is 332 g/mol. The number of nitrogens with one attached hydrogen (secondary N) is 2. The Bertz CT molecular complexity index is 659. The summed E-state index contributed by atoms with van der Waals surface area (Å²) in [5, 5.41) is 16.9. The van der Waals surface area contributed by atoms with Crippen molar-refractivity contribution in [3.63, 3.8) is 0 Å². The van der Waals surface area contributed by atoms with Gasteiger partial charge in [-0.25, -0.2) is 0 Å². The van der Waals surface area contributed by atoms with Crippen LogP contribution in [0.4, 0.5) is 5.69 Å². The third-order valence-corrected chi connectivity index (χ3v) is 4.81. The Hall–Kier alpha value is -1.83. The van der Waals surface area contributed by atoms with E-state index in [1.54, 1.807) is 23.9 Å². The van der Waals surface area contributed by atoms with E-state index in [1.165, 1.54) is 11.3 Å². The maximum absolute atomic E-state index is 11.8. The van der Waals surface area contributed by atoms with Crippen molar-refractivity contribution >= 4 is 40.6 Å². The molecule has 23 heavy (non-hydrogen) atoms. The second-order valence-corrected chi connectivity index (χ2v) is 6.62. The topological polar surface area (TPSA) is 78.4 Å². The van der Waals surface area contributed by atoms with Crippen molar-refractivity contribution in [1.82, 2.24) is 5.32 Å². The number of hydrogen-bond acceptors (Lipinski definition) is 5. The first-order valence-corrected chi connectivity index (χ1v) is 9.15. The lowest BCUT2D eigenvalue weighted by atomic mass is 10.2. The molecule has 2 aromatic rings. The molecule has 1 heterocycles. The van der Waals surface area contributed by atoms with Gasteiger partial charge >= 0.3 is 11.8 Å². The molecule has 122 valence electrons. The van der Waals surface area contributed by atoms with Gasteiger partial charge in [0.2, 0.25) is 0 Å². The molecular formula is C16H18N2O3S2. The Morgan fingerprint density at radius 3 is 2.78 bits per heavy atom. The number of hydrogen-bond donors (Lipinski definition) is 3. The van der Waals surface area contributed by atoms with Crippen LogP contribution in [0.15, 0.2) is 46.7 Å². The zero-order valence-electron chi connectivity index (χ0n) is 12.6. The monoisotopic (exact) mass is 350 g/mol. The van der Waals surface area contributed by atoms with Gasteiger partial charge in [-0.05, 0) is 42.3 Å². The van der Waals surface area contributed by atoms with E-state index in [0.717, 1.165) is 9.77 Å². The standard InChI is InChI=1S/C16H18N2O3S2/c1-22-12-5-2-4-11(10-12)18-16(21)15(20)17-8-7-13(19)14-6-3-9-23-14/h2-6,9-10,13,19H,7-8H2,1H3,(H,17,20)(H,18,21). The maximum atomic E-state index is 11.8. The maximum Gasteiger partial charge on any atom is 0.313 e. The summed E-state index contributed by atoms with van der Waals surface area (Å²) in [4.78, 5) is 25.4. The van der Waals surface area contributed by atoms with Gasteiger partial charge in [0.1, 0.15) is 0 Å². The van der Waals surface area contributed by atoms with Crippen LogP contribution < -0.4 is 10.6 Å². The van der Waals surface area contributed by atoms with Gasteiger partial charge in [-0.15, -0.1) is 23.1 Å². The van der Waals surface area contributed by atoms with Gasteiger partial charge in [0.05, 0.1) is 6.10 Å². The molecule has 5 nitrogen and oxygen atoms in total. The highest BCUT2D eigenvalue weighted by molar-refractivity contribution is 7.98. The lowest BCUT2D eigenvalue weighted by Gasteiger charge is -2.10. The Kier molecular flexibility index (Phi) is 6.64. The summed E-state index contributed by atoms with van der Waals surface area (Å²) in [6, 6.07) is 11.0. The lowest BCUT2D eigenvalue weighted by molar-refractivity contribution is -0.136. The molecule has 0 saturated carbocycles. The molecule has 0 aliphatic rings. The highest BCUT2D eigenvalue weighted by Gasteiger charge is 2.15. The van der Waals surface area contributed by atoms with E-state index >= 15 is 0 Å². The van der Waals surface area contributed by atoms with E-state index in [9.17, 15) is 14.7 Å². The van der Waals surface area contributed by atoms with E-state index in [1.807, 2.05) is 35.9 Å². The van der Waals surface area contributed by atoms with Gasteiger partial charge < -0.3 is 15.7 Å². The van der Waals surface area contributed by atoms with Crippen molar-refractivity contribution in [3.8, 4) is 0 Å². The number of rotatable bonds is 6. The molecule has 1 unspecified atom stereocenters. The molecule has 1 aromatic heterocycles. The molecule has 2 amide bonds. The number of amides is 2. The SMILES string of the molecule is CSc1cccc(NC(=O)C(=O)NCCC(O)c2cccs2)c1. The molecule has 0 aliphatic carbocycles. The number of anilines is 1. The minimum absolute atomic E-state index is 0.232. The fourth-order valence-electron chi connectivity index (χ4n) is 1.91. The van der Waals surface area contributed by atoms with E-state index in [4.69, 9.17) is 0 Å². The Labute approximate surface area is 143 Å². The summed E-state index contributed by atoms with van der Waals surface area (Å²) in [7, 11) is 0. The second kappa shape index (κ2) is 8.71. The van der Waals surface area contributed by atoms with Crippen LogP contribution in [0.3, 0.4) is 0 Å². The molecule has 3 N–H and O–H groups in total.